The molecule has 1 saturated heterocycles. The number of ether oxygens (including phenoxy) is 4. The number of aldehydes is 1. The summed E-state index contributed by atoms with van der Waals surface area (Å²) in [6, 6.07) is 0. The van der Waals surface area contributed by atoms with Gasteiger partial charge in [0, 0.05) is 31.4 Å². The van der Waals surface area contributed by atoms with Gasteiger partial charge in [-0.1, -0.05) is 52.5 Å². The fourth-order valence-electron chi connectivity index (χ4n) is 4.34. The number of allylic oxidation sites excluding steroid dienone is 1. The van der Waals surface area contributed by atoms with Crippen molar-refractivity contribution in [3.63, 3.8) is 0 Å². The Balaban J connectivity index is 3.44. The molecule has 2 N–H and O–H groups in total. The number of carbonyl (C=O) groups excluding carboxylic acids is 3. The number of aliphatic hydroxyl groups excluding tert-OH is 2. The zero-order valence-electron chi connectivity index (χ0n) is 21.7. The van der Waals surface area contributed by atoms with Crippen LogP contribution in [0.3, 0.4) is 0 Å². The molecule has 1 fully saturated rings. The lowest BCUT2D eigenvalue weighted by Gasteiger charge is -2.53. The third-order valence-electron chi connectivity index (χ3n) is 6.26. The molecule has 9 heteroatoms. The van der Waals surface area contributed by atoms with Crippen molar-refractivity contribution in [2.45, 2.75) is 96.2 Å². The number of rotatable bonds is 15. The largest absolute Gasteiger partial charge is 0.466 e. The maximum atomic E-state index is 12.9. The van der Waals surface area contributed by atoms with Crippen LogP contribution in [0, 0.1) is 5.41 Å². The minimum atomic E-state index is -1.64. The molecule has 0 bridgehead atoms. The quantitative estimate of drug-likeness (QED) is 0.151. The van der Waals surface area contributed by atoms with Gasteiger partial charge in [0.05, 0.1) is 25.9 Å². The summed E-state index contributed by atoms with van der Waals surface area (Å²) in [7, 11) is 2.63. The first kappa shape index (κ1) is 31.0. The van der Waals surface area contributed by atoms with Crippen LogP contribution in [0.2, 0.25) is 0 Å². The average molecular weight is 499 g/mol. The van der Waals surface area contributed by atoms with E-state index in [0.717, 1.165) is 25.7 Å². The highest BCUT2D eigenvalue weighted by Gasteiger charge is 2.59. The van der Waals surface area contributed by atoms with Crippen LogP contribution in [0.5, 0.6) is 0 Å². The number of unbranched alkanes of at least 4 members (excludes halogenated alkanes) is 4. The van der Waals surface area contributed by atoms with Crippen molar-refractivity contribution in [1.29, 1.82) is 0 Å². The molecule has 1 aliphatic heterocycles. The van der Waals surface area contributed by atoms with E-state index in [0.29, 0.717) is 18.3 Å². The molecule has 0 saturated carbocycles. The van der Waals surface area contributed by atoms with Gasteiger partial charge in [-0.25, -0.2) is 4.79 Å². The first-order chi connectivity index (χ1) is 16.6. The number of methoxy groups -OCH3 is 2. The Kier molecular flexibility index (Phi) is 13.4. The van der Waals surface area contributed by atoms with E-state index in [1.54, 1.807) is 19.9 Å². The smallest absolute Gasteiger partial charge is 0.330 e. The fraction of sp³-hybridized carbons (Fsp3) is 0.731. The highest BCUT2D eigenvalue weighted by atomic mass is 16.7. The van der Waals surface area contributed by atoms with Crippen LogP contribution in [0.15, 0.2) is 23.8 Å². The highest BCUT2D eigenvalue weighted by molar-refractivity contribution is 5.83. The topological polar surface area (TPSA) is 129 Å². The molecule has 35 heavy (non-hydrogen) atoms. The molecule has 4 atom stereocenters. The normalized spacial score (nSPS) is 24.9. The van der Waals surface area contributed by atoms with E-state index in [-0.39, 0.29) is 19.3 Å². The maximum Gasteiger partial charge on any atom is 0.330 e. The number of aliphatic hydroxyl groups is 2. The van der Waals surface area contributed by atoms with E-state index in [9.17, 15) is 24.6 Å². The highest BCUT2D eigenvalue weighted by Crippen LogP contribution is 2.48. The van der Waals surface area contributed by atoms with E-state index in [1.165, 1.54) is 26.4 Å². The third kappa shape index (κ3) is 8.83. The fourth-order valence-corrected chi connectivity index (χ4v) is 4.34. The van der Waals surface area contributed by atoms with Gasteiger partial charge in [-0.3, -0.25) is 9.59 Å². The predicted octanol–water partition coefficient (Wildman–Crippen LogP) is 3.01. The SMILES string of the molecule is CCCCCCCC(=O)O[C@H]1/C(=C\C(=O)OC)C[C@@H](C[C@@H](O)CO)O[C@@]1(OC)C(C)(C)/C=C/C=O. The lowest BCUT2D eigenvalue weighted by Crippen LogP contribution is -2.63. The maximum absolute atomic E-state index is 12.9. The summed E-state index contributed by atoms with van der Waals surface area (Å²) >= 11 is 0. The van der Waals surface area contributed by atoms with Crippen molar-refractivity contribution in [2.24, 2.45) is 5.41 Å². The zero-order chi connectivity index (χ0) is 26.5. The molecule has 0 radical (unpaired) electrons. The molecule has 1 rings (SSSR count). The van der Waals surface area contributed by atoms with E-state index in [1.807, 2.05) is 0 Å². The number of esters is 2. The van der Waals surface area contributed by atoms with Crippen LogP contribution < -0.4 is 0 Å². The van der Waals surface area contributed by atoms with Gasteiger partial charge in [0.15, 0.2) is 6.10 Å². The number of hydrogen-bond donors (Lipinski definition) is 2. The van der Waals surface area contributed by atoms with Crippen LogP contribution in [0.4, 0.5) is 0 Å². The van der Waals surface area contributed by atoms with E-state index in [2.05, 4.69) is 6.92 Å². The van der Waals surface area contributed by atoms with Gasteiger partial charge < -0.3 is 29.2 Å². The molecule has 0 aromatic heterocycles. The van der Waals surface area contributed by atoms with Crippen molar-refractivity contribution in [1.82, 2.24) is 0 Å². The molecule has 0 aliphatic carbocycles. The molecule has 0 unspecified atom stereocenters. The second-order valence-corrected chi connectivity index (χ2v) is 9.38. The number of carbonyl (C=O) groups is 3. The summed E-state index contributed by atoms with van der Waals surface area (Å²) in [5, 5.41) is 19.4. The Morgan fingerprint density at radius 3 is 2.49 bits per heavy atom. The van der Waals surface area contributed by atoms with Crippen molar-refractivity contribution >= 4 is 18.2 Å². The van der Waals surface area contributed by atoms with Crippen molar-refractivity contribution in [2.75, 3.05) is 20.8 Å². The van der Waals surface area contributed by atoms with E-state index < -0.39 is 48.1 Å². The van der Waals surface area contributed by atoms with Gasteiger partial charge in [-0.2, -0.15) is 0 Å². The minimum Gasteiger partial charge on any atom is -0.466 e. The van der Waals surface area contributed by atoms with Gasteiger partial charge in [0.25, 0.3) is 0 Å². The van der Waals surface area contributed by atoms with Gasteiger partial charge in [0.2, 0.25) is 5.79 Å². The van der Waals surface area contributed by atoms with Crippen molar-refractivity contribution in [3.05, 3.63) is 23.8 Å². The van der Waals surface area contributed by atoms with Gasteiger partial charge in [-0.05, 0) is 24.5 Å². The Bertz CT molecular complexity index is 743. The molecular formula is C26H42O9. The summed E-state index contributed by atoms with van der Waals surface area (Å²) < 4.78 is 23.0. The molecule has 0 spiro atoms. The summed E-state index contributed by atoms with van der Waals surface area (Å²) in [6.07, 6.45) is 7.05. The standard InChI is InChI=1S/C26H42O9/c1-6-7-8-9-10-12-22(30)34-24-19(16-23(31)32-4)15-21(17-20(29)18-28)35-26(24,33-5)25(2,3)13-11-14-27/h11,13-14,16,20-21,24,28-29H,6-10,12,15,17-18H2,1-5H3/b13-11+,19-16-/t20-,21+,24+,26-/m1/s1. The predicted molar refractivity (Wildman–Crippen MR) is 129 cm³/mol. The Morgan fingerprint density at radius 1 is 1.23 bits per heavy atom. The number of hydrogen-bond acceptors (Lipinski definition) is 9. The van der Waals surface area contributed by atoms with E-state index >= 15 is 0 Å². The second kappa shape index (κ2) is 15.1. The Morgan fingerprint density at radius 2 is 1.91 bits per heavy atom. The lowest BCUT2D eigenvalue weighted by molar-refractivity contribution is -0.338. The molecular weight excluding hydrogens is 456 g/mol. The van der Waals surface area contributed by atoms with Crippen LogP contribution in [-0.2, 0) is 33.3 Å². The summed E-state index contributed by atoms with van der Waals surface area (Å²) in [4.78, 5) is 36.2. The zero-order valence-corrected chi connectivity index (χ0v) is 21.7. The van der Waals surface area contributed by atoms with Crippen LogP contribution in [0.25, 0.3) is 0 Å². The summed E-state index contributed by atoms with van der Waals surface area (Å²) in [5.74, 6) is -2.74. The second-order valence-electron chi connectivity index (χ2n) is 9.38. The first-order valence-electron chi connectivity index (χ1n) is 12.2. The lowest BCUT2D eigenvalue weighted by atomic mass is 9.74. The molecule has 0 amide bonds. The molecule has 1 aliphatic rings. The third-order valence-corrected chi connectivity index (χ3v) is 6.26. The van der Waals surface area contributed by atoms with Gasteiger partial charge >= 0.3 is 11.9 Å². The molecule has 1 heterocycles. The minimum absolute atomic E-state index is 0.0473. The Hall–Kier alpha value is -2.07. The molecule has 0 aromatic carbocycles. The van der Waals surface area contributed by atoms with E-state index in [4.69, 9.17) is 18.9 Å². The summed E-state index contributed by atoms with van der Waals surface area (Å²) in [5.41, 5.74) is -0.626. The monoisotopic (exact) mass is 498 g/mol. The van der Waals surface area contributed by atoms with Gasteiger partial charge in [0.1, 0.15) is 6.29 Å². The first-order valence-corrected chi connectivity index (χ1v) is 12.2. The van der Waals surface area contributed by atoms with Gasteiger partial charge in [-0.15, -0.1) is 0 Å². The van der Waals surface area contributed by atoms with Crippen LogP contribution in [0.1, 0.15) is 72.1 Å². The van der Waals surface area contributed by atoms with Crippen molar-refractivity contribution in [3.8, 4) is 0 Å². The summed E-state index contributed by atoms with van der Waals surface area (Å²) in [6.45, 7) is 5.15. The molecule has 9 nitrogen and oxygen atoms in total. The molecule has 0 aromatic rings. The van der Waals surface area contributed by atoms with Crippen molar-refractivity contribution < 1.29 is 43.5 Å². The van der Waals surface area contributed by atoms with Crippen LogP contribution in [-0.4, -0.2) is 73.4 Å². The molecule has 200 valence electrons. The average Bonchev–Trinajstić information content (AvgIpc) is 2.83. The Labute approximate surface area is 208 Å². The van der Waals surface area contributed by atoms with Crippen LogP contribution >= 0.6 is 0 Å².